The molecule has 1 unspecified atom stereocenters. The van der Waals surface area contributed by atoms with Crippen molar-refractivity contribution in [3.63, 3.8) is 0 Å². The number of primary amides is 1. The monoisotopic (exact) mass is 1060 g/mol. The number of esters is 1. The highest BCUT2D eigenvalue weighted by Gasteiger charge is 2.31. The number of aromatic nitrogens is 1. The van der Waals surface area contributed by atoms with Crippen LogP contribution in [0.1, 0.15) is 125 Å². The molecule has 1 aliphatic carbocycles. The molecular weight excluding hydrogens is 987 g/mol. The number of pyridine rings is 1. The number of nitrogens with one attached hydrogen (secondary N) is 5. The number of amidine groups is 1. The van der Waals surface area contributed by atoms with Gasteiger partial charge in [0.2, 0.25) is 23.6 Å². The van der Waals surface area contributed by atoms with Gasteiger partial charge in [-0.05, 0) is 111 Å². The zero-order valence-corrected chi connectivity index (χ0v) is 44.3. The maximum Gasteiger partial charge on any atom is 0.312 e. The predicted molar refractivity (Wildman–Crippen MR) is 290 cm³/mol. The van der Waals surface area contributed by atoms with E-state index in [2.05, 4.69) is 36.6 Å². The zero-order valence-electron chi connectivity index (χ0n) is 44.3. The van der Waals surface area contributed by atoms with Crippen molar-refractivity contribution >= 4 is 82.3 Å². The van der Waals surface area contributed by atoms with Crippen LogP contribution in [0.2, 0.25) is 0 Å². The number of rotatable bonds is 26. The normalized spacial score (nSPS) is 15.4. The van der Waals surface area contributed by atoms with Gasteiger partial charge in [0.15, 0.2) is 0 Å². The molecule has 0 bridgehead atoms. The van der Waals surface area contributed by atoms with E-state index >= 15 is 0 Å². The van der Waals surface area contributed by atoms with Gasteiger partial charge in [-0.15, -0.1) is 0 Å². The molecule has 0 radical (unpaired) electrons. The first kappa shape index (κ1) is 58.0. The number of carbonyl (C=O) groups excluding carboxylic acids is 9. The highest BCUT2D eigenvalue weighted by atomic mass is 16.5. The van der Waals surface area contributed by atoms with Crippen LogP contribution >= 0.6 is 0 Å². The van der Waals surface area contributed by atoms with Crippen LogP contribution in [-0.2, 0) is 57.7 Å². The molecule has 6 rings (SSSR count). The Hall–Kier alpha value is -8.23. The summed E-state index contributed by atoms with van der Waals surface area (Å²) in [6, 6.07) is 10.8. The largest absolute Gasteiger partial charge is 0.461 e. The third-order valence-electron chi connectivity index (χ3n) is 13.3. The lowest BCUT2D eigenvalue weighted by molar-refractivity contribution is -0.150. The molecule has 0 saturated carbocycles. The maximum absolute atomic E-state index is 13.7. The van der Waals surface area contributed by atoms with Gasteiger partial charge in [0.25, 0.3) is 17.7 Å². The molecule has 77 heavy (non-hydrogen) atoms. The lowest BCUT2D eigenvalue weighted by atomic mass is 9.86. The highest BCUT2D eigenvalue weighted by Crippen LogP contribution is 2.31. The topological polar surface area (TPSA) is 307 Å². The van der Waals surface area contributed by atoms with E-state index in [4.69, 9.17) is 16.2 Å². The minimum absolute atomic E-state index is 0.0308. The molecular formula is C56H71N11O10. The molecule has 9 N–H and O–H groups in total. The summed E-state index contributed by atoms with van der Waals surface area (Å²) < 4.78 is 5.75. The number of fused-ring (bicyclic) bond motifs is 2. The summed E-state index contributed by atoms with van der Waals surface area (Å²) >= 11 is 0. The Morgan fingerprint density at radius 2 is 1.58 bits per heavy atom. The summed E-state index contributed by atoms with van der Waals surface area (Å²) in [6.07, 6.45) is 11.2. The lowest BCUT2D eigenvalue weighted by Crippen LogP contribution is -2.54. The second-order valence-electron chi connectivity index (χ2n) is 19.8. The summed E-state index contributed by atoms with van der Waals surface area (Å²) in [6.45, 7) is 9.25. The smallest absolute Gasteiger partial charge is 0.312 e. The van der Waals surface area contributed by atoms with Crippen molar-refractivity contribution in [3.8, 4) is 0 Å². The Morgan fingerprint density at radius 1 is 0.857 bits per heavy atom. The van der Waals surface area contributed by atoms with Crippen molar-refractivity contribution < 1.29 is 47.9 Å². The van der Waals surface area contributed by atoms with Gasteiger partial charge in [-0.25, -0.2) is 9.79 Å². The number of urea groups is 1. The van der Waals surface area contributed by atoms with Crippen LogP contribution in [0.5, 0.6) is 0 Å². The molecule has 0 spiro atoms. The zero-order chi connectivity index (χ0) is 55.6. The molecule has 21 heteroatoms. The molecule has 3 heterocycles. The minimum atomic E-state index is -1.06. The van der Waals surface area contributed by atoms with E-state index in [-0.39, 0.29) is 74.3 Å². The molecule has 9 amide bonds. The van der Waals surface area contributed by atoms with Gasteiger partial charge in [0, 0.05) is 79.3 Å². The third-order valence-corrected chi connectivity index (χ3v) is 13.3. The quantitative estimate of drug-likeness (QED) is 0.0314. The Balaban J connectivity index is 0.990. The number of anilines is 2. The number of amides is 9. The average molecular weight is 1060 g/mol. The number of unbranched alkanes of at least 4 members (excludes halogenated alkanes) is 2. The molecule has 21 nitrogen and oxygen atoms in total. The van der Waals surface area contributed by atoms with Crippen LogP contribution in [0.15, 0.2) is 77.4 Å². The van der Waals surface area contributed by atoms with Gasteiger partial charge in [-0.2, -0.15) is 0 Å². The van der Waals surface area contributed by atoms with Crippen molar-refractivity contribution in [2.45, 2.75) is 123 Å². The van der Waals surface area contributed by atoms with E-state index in [1.807, 2.05) is 24.8 Å². The molecule has 2 aliphatic heterocycles. The van der Waals surface area contributed by atoms with Crippen LogP contribution in [0.3, 0.4) is 0 Å². The first-order valence-corrected chi connectivity index (χ1v) is 26.4. The molecule has 410 valence electrons. The molecule has 2 aromatic carbocycles. The first-order chi connectivity index (χ1) is 36.9. The Labute approximate surface area is 448 Å². The fourth-order valence-electron chi connectivity index (χ4n) is 9.22. The van der Waals surface area contributed by atoms with Crippen LogP contribution in [0.25, 0.3) is 6.08 Å². The number of benzene rings is 2. The van der Waals surface area contributed by atoms with Crippen LogP contribution in [0, 0.1) is 11.8 Å². The van der Waals surface area contributed by atoms with Gasteiger partial charge in [-0.1, -0.05) is 52.3 Å². The molecule has 0 fully saturated rings. The predicted octanol–water partition coefficient (Wildman–Crippen LogP) is 5.10. The van der Waals surface area contributed by atoms with Crippen LogP contribution in [0.4, 0.5) is 21.9 Å². The number of ether oxygens (including phenoxy) is 1. The van der Waals surface area contributed by atoms with Crippen molar-refractivity contribution in [1.82, 2.24) is 30.7 Å². The SMILES string of the molecule is CCCN(CCC)C(=O)C1=Cc2ccc(C(=O)Nc3cnc4c(c3)CC(C(=O)OCc3ccc(NC(=O)[C@H](CCCNC(N)=O)NC(=O)[C@@H](NC(=O)CCCCCN5C(=O)C=CC5=O)C(C)C)cc3)CC4)cc2N=C(N)C1. The van der Waals surface area contributed by atoms with Crippen LogP contribution < -0.4 is 38.1 Å². The number of hydrogen-bond donors (Lipinski definition) is 7. The summed E-state index contributed by atoms with van der Waals surface area (Å²) in [4.78, 5) is 128. The fraction of sp³-hybridized carbons (Fsp3) is 0.446. The van der Waals surface area contributed by atoms with Gasteiger partial charge in [-0.3, -0.25) is 48.2 Å². The first-order valence-electron chi connectivity index (χ1n) is 26.4. The number of carbonyl (C=O) groups is 9. The molecule has 3 atom stereocenters. The summed E-state index contributed by atoms with van der Waals surface area (Å²) in [5, 5.41) is 13.7. The van der Waals surface area contributed by atoms with Crippen LogP contribution in [-0.4, -0.2) is 112 Å². The number of aryl methyl sites for hydroxylation is 1. The van der Waals surface area contributed by atoms with Gasteiger partial charge < -0.3 is 47.7 Å². The average Bonchev–Trinajstić information content (AvgIpc) is 3.61. The van der Waals surface area contributed by atoms with Gasteiger partial charge in [0.1, 0.15) is 24.5 Å². The van der Waals surface area contributed by atoms with Crippen molar-refractivity contribution in [2.75, 3.05) is 36.8 Å². The van der Waals surface area contributed by atoms with Crippen molar-refractivity contribution in [2.24, 2.45) is 28.3 Å². The molecule has 3 aliphatic rings. The second-order valence-corrected chi connectivity index (χ2v) is 19.8. The minimum Gasteiger partial charge on any atom is -0.461 e. The van der Waals surface area contributed by atoms with E-state index in [0.29, 0.717) is 97.4 Å². The molecule has 3 aromatic rings. The van der Waals surface area contributed by atoms with E-state index in [1.165, 1.54) is 12.2 Å². The van der Waals surface area contributed by atoms with Crippen molar-refractivity contribution in [3.05, 3.63) is 100 Å². The number of nitrogens with two attached hydrogens (primary N) is 2. The second kappa shape index (κ2) is 28.1. The number of nitrogens with zero attached hydrogens (tertiary/aromatic N) is 4. The highest BCUT2D eigenvalue weighted by molar-refractivity contribution is 6.13. The number of imide groups is 1. The van der Waals surface area contributed by atoms with Crippen molar-refractivity contribution in [1.29, 1.82) is 0 Å². The van der Waals surface area contributed by atoms with E-state index < -0.39 is 47.7 Å². The van der Waals surface area contributed by atoms with E-state index in [0.717, 1.165) is 29.0 Å². The third kappa shape index (κ3) is 16.9. The fourth-order valence-corrected chi connectivity index (χ4v) is 9.22. The Morgan fingerprint density at radius 3 is 2.27 bits per heavy atom. The Kier molecular flexibility index (Phi) is 21.1. The van der Waals surface area contributed by atoms with E-state index in [1.54, 1.807) is 68.6 Å². The molecule has 0 saturated heterocycles. The maximum atomic E-state index is 13.7. The van der Waals surface area contributed by atoms with Gasteiger partial charge >= 0.3 is 12.0 Å². The summed E-state index contributed by atoms with van der Waals surface area (Å²) in [5.74, 6) is -3.57. The number of hydrogen-bond acceptors (Lipinski definition) is 13. The lowest BCUT2D eigenvalue weighted by Gasteiger charge is -2.25. The Bertz CT molecular complexity index is 2770. The summed E-state index contributed by atoms with van der Waals surface area (Å²) in [7, 11) is 0. The standard InChI is InChI=1S/C56H71N11O10/c1-5-24-66(25-6-2)54(74)40-27-36-15-16-37(30-45(36)63-46(57)31-40)51(71)62-42-29-39-28-38(17-20-43(39)60-32-42)55(75)77-33-35-13-18-41(19-14-35)61-52(72)44(11-10-23-59-56(58)76)64-53(73)50(34(3)4)65-47(68)12-8-7-9-26-67-48(69)21-22-49(67)70/h13-16,18-19,21-22,27,29-30,32,34,38,44,50H,5-12,17,20,23-26,28,31,33H2,1-4H3,(H2,57,63)(H,61,72)(H,62,71)(H,64,73)(H,65,68)(H3,58,59,76)/t38?,44-,50-/m0/s1. The van der Waals surface area contributed by atoms with Gasteiger partial charge in [0.05, 0.1) is 23.5 Å². The summed E-state index contributed by atoms with van der Waals surface area (Å²) in [5.41, 5.74) is 16.7. The number of aliphatic imine (C=N–C) groups is 1. The van der Waals surface area contributed by atoms with E-state index in [9.17, 15) is 43.2 Å². The molecule has 1 aromatic heterocycles.